The molecule has 0 N–H and O–H groups in total. The van der Waals surface area contributed by atoms with Crippen LogP contribution in [-0.4, -0.2) is 36.2 Å². The van der Waals surface area contributed by atoms with Crippen LogP contribution in [0, 0.1) is 0 Å². The molecule has 0 aliphatic rings. The van der Waals surface area contributed by atoms with Crippen molar-refractivity contribution in [1.29, 1.82) is 0 Å². The van der Waals surface area contributed by atoms with E-state index >= 15 is 0 Å². The molecule has 1 atom stereocenters. The molecule has 4 nitrogen and oxygen atoms in total. The Kier molecular flexibility index (Phi) is 5.62. The van der Waals surface area contributed by atoms with Crippen LogP contribution in [0.4, 0.5) is 4.79 Å². The van der Waals surface area contributed by atoms with Gasteiger partial charge in [-0.25, -0.2) is 4.79 Å². The molecule has 0 aliphatic heterocycles. The van der Waals surface area contributed by atoms with Gasteiger partial charge in [0.25, 0.3) is 0 Å². The largest absolute Gasteiger partial charge is 0.444 e. The van der Waals surface area contributed by atoms with Gasteiger partial charge in [0.2, 0.25) is 0 Å². The maximum absolute atomic E-state index is 12.1. The van der Waals surface area contributed by atoms with Gasteiger partial charge in [0, 0.05) is 11.9 Å². The van der Waals surface area contributed by atoms with E-state index in [2.05, 4.69) is 0 Å². The summed E-state index contributed by atoms with van der Waals surface area (Å²) in [6.45, 7) is 5.39. The lowest BCUT2D eigenvalue weighted by atomic mass is 10.1. The molecule has 0 saturated heterocycles. The second kappa shape index (κ2) is 6.79. The van der Waals surface area contributed by atoms with Crippen molar-refractivity contribution in [2.24, 2.45) is 0 Å². The van der Waals surface area contributed by atoms with Crippen molar-refractivity contribution in [2.45, 2.75) is 37.3 Å². The van der Waals surface area contributed by atoms with Crippen LogP contribution in [0.15, 0.2) is 29.2 Å². The predicted molar refractivity (Wildman–Crippen MR) is 81.0 cm³/mol. The fraction of sp³-hybridized carbons (Fsp3) is 0.467. The summed E-state index contributed by atoms with van der Waals surface area (Å²) in [4.78, 5) is 25.8. The maximum Gasteiger partial charge on any atom is 0.410 e. The Hall–Kier alpha value is -1.49. The van der Waals surface area contributed by atoms with Crippen LogP contribution in [0.25, 0.3) is 0 Å². The third-order valence-corrected chi connectivity index (χ3v) is 3.50. The van der Waals surface area contributed by atoms with Crippen molar-refractivity contribution in [3.05, 3.63) is 29.8 Å². The second-order valence-corrected chi connectivity index (χ2v) is 6.26. The fourth-order valence-corrected chi connectivity index (χ4v) is 2.37. The van der Waals surface area contributed by atoms with E-state index in [1.165, 1.54) is 4.90 Å². The summed E-state index contributed by atoms with van der Waals surface area (Å²) in [6.07, 6.45) is 2.19. The number of hydrogen-bond acceptors (Lipinski definition) is 4. The molecule has 0 aromatic heterocycles. The number of rotatable bonds is 4. The zero-order valence-corrected chi connectivity index (χ0v) is 13.4. The topological polar surface area (TPSA) is 46.6 Å². The summed E-state index contributed by atoms with van der Waals surface area (Å²) in [6, 6.07) is 6.90. The molecule has 0 bridgehead atoms. The molecule has 0 spiro atoms. The molecular weight excluding hydrogens is 274 g/mol. The number of nitrogens with zero attached hydrogens (tertiary/aromatic N) is 1. The summed E-state index contributed by atoms with van der Waals surface area (Å²) in [5.41, 5.74) is 0.223. The Morgan fingerprint density at radius 1 is 1.35 bits per heavy atom. The molecule has 5 heteroatoms. The maximum atomic E-state index is 12.1. The van der Waals surface area contributed by atoms with Gasteiger partial charge in [0.05, 0.1) is 0 Å². The molecule has 1 amide bonds. The highest BCUT2D eigenvalue weighted by atomic mass is 32.2. The minimum absolute atomic E-state index is 0.509. The second-order valence-electron chi connectivity index (χ2n) is 5.41. The van der Waals surface area contributed by atoms with Crippen molar-refractivity contribution in [2.75, 3.05) is 13.3 Å². The first-order valence-electron chi connectivity index (χ1n) is 6.34. The molecule has 1 aromatic carbocycles. The lowest BCUT2D eigenvalue weighted by Crippen LogP contribution is -2.37. The number of carbonyl (C=O) groups excluding carboxylic acids is 2. The Labute approximate surface area is 124 Å². The first-order valence-corrected chi connectivity index (χ1v) is 7.56. The lowest BCUT2D eigenvalue weighted by Gasteiger charge is -2.28. The molecule has 0 aliphatic carbocycles. The molecule has 0 radical (unpaired) electrons. The van der Waals surface area contributed by atoms with Crippen LogP contribution in [0.2, 0.25) is 0 Å². The Morgan fingerprint density at radius 2 is 1.95 bits per heavy atom. The summed E-state index contributed by atoms with van der Waals surface area (Å²) < 4.78 is 5.30. The van der Waals surface area contributed by atoms with Gasteiger partial charge < -0.3 is 9.53 Å². The first kappa shape index (κ1) is 16.6. The number of carbonyl (C=O) groups is 2. The van der Waals surface area contributed by atoms with Gasteiger partial charge in [-0.15, -0.1) is 11.8 Å². The predicted octanol–water partition coefficient (Wildman–Crippen LogP) is 3.52. The minimum Gasteiger partial charge on any atom is -0.444 e. The third-order valence-electron chi connectivity index (χ3n) is 2.69. The molecule has 110 valence electrons. The van der Waals surface area contributed by atoms with Crippen LogP contribution in [0.3, 0.4) is 0 Å². The molecule has 0 saturated carbocycles. The quantitative estimate of drug-likeness (QED) is 0.630. The third kappa shape index (κ3) is 4.27. The highest BCUT2D eigenvalue weighted by molar-refractivity contribution is 7.98. The number of likely N-dealkylation sites (N-methyl/N-ethyl adjacent to an activating group) is 1. The zero-order valence-electron chi connectivity index (χ0n) is 12.5. The van der Waals surface area contributed by atoms with Crippen LogP contribution >= 0.6 is 11.8 Å². The smallest absolute Gasteiger partial charge is 0.410 e. The van der Waals surface area contributed by atoms with Gasteiger partial charge >= 0.3 is 6.09 Å². The van der Waals surface area contributed by atoms with E-state index in [0.29, 0.717) is 0 Å². The summed E-state index contributed by atoms with van der Waals surface area (Å²) >= 11 is 1.54. The number of aldehydes is 1. The molecular formula is C15H21NO3S. The monoisotopic (exact) mass is 295 g/mol. The van der Waals surface area contributed by atoms with E-state index in [4.69, 9.17) is 4.74 Å². The molecule has 1 rings (SSSR count). The van der Waals surface area contributed by atoms with Crippen LogP contribution in [-0.2, 0) is 9.53 Å². The number of ether oxygens (including phenoxy) is 1. The highest BCUT2D eigenvalue weighted by Gasteiger charge is 2.27. The minimum atomic E-state index is -0.645. The van der Waals surface area contributed by atoms with Crippen molar-refractivity contribution in [3.8, 4) is 0 Å². The average molecular weight is 295 g/mol. The molecule has 1 aromatic rings. The zero-order chi connectivity index (χ0) is 15.3. The normalized spacial score (nSPS) is 12.7. The summed E-state index contributed by atoms with van der Waals surface area (Å²) in [5.74, 6) is 0. The Balaban J connectivity index is 3.01. The summed E-state index contributed by atoms with van der Waals surface area (Å²) in [7, 11) is 1.57. The standard InChI is InChI=1S/C15H21NO3S/c1-15(2,3)19-14(18)16(4)12(10-17)11-8-6-7-9-13(11)20-5/h6-10,12H,1-5H3. The van der Waals surface area contributed by atoms with Crippen molar-refractivity contribution in [1.82, 2.24) is 4.90 Å². The number of amides is 1. The average Bonchev–Trinajstić information content (AvgIpc) is 2.38. The molecule has 20 heavy (non-hydrogen) atoms. The van der Waals surface area contributed by atoms with E-state index < -0.39 is 17.7 Å². The SMILES string of the molecule is CSc1ccccc1C(C=O)N(C)C(=O)OC(C)(C)C. The van der Waals surface area contributed by atoms with Crippen molar-refractivity contribution < 1.29 is 14.3 Å². The van der Waals surface area contributed by atoms with E-state index in [-0.39, 0.29) is 0 Å². The van der Waals surface area contributed by atoms with Crippen molar-refractivity contribution >= 4 is 24.1 Å². The van der Waals surface area contributed by atoms with Crippen LogP contribution in [0.5, 0.6) is 0 Å². The van der Waals surface area contributed by atoms with E-state index in [0.717, 1.165) is 16.7 Å². The van der Waals surface area contributed by atoms with Gasteiger partial charge in [-0.1, -0.05) is 18.2 Å². The Bertz CT molecular complexity index is 482. The highest BCUT2D eigenvalue weighted by Crippen LogP contribution is 2.28. The first-order chi connectivity index (χ1) is 9.30. The number of benzene rings is 1. The fourth-order valence-electron chi connectivity index (χ4n) is 1.73. The van der Waals surface area contributed by atoms with E-state index in [1.54, 1.807) is 39.6 Å². The number of thioether (sulfide) groups is 1. The van der Waals surface area contributed by atoms with Gasteiger partial charge in [-0.2, -0.15) is 0 Å². The van der Waals surface area contributed by atoms with Crippen molar-refractivity contribution in [3.63, 3.8) is 0 Å². The van der Waals surface area contributed by atoms with Gasteiger partial charge in [0.1, 0.15) is 17.9 Å². The number of hydrogen-bond donors (Lipinski definition) is 0. The molecule has 1 unspecified atom stereocenters. The van der Waals surface area contributed by atoms with Gasteiger partial charge in [-0.05, 0) is 38.7 Å². The Morgan fingerprint density at radius 3 is 2.45 bits per heavy atom. The lowest BCUT2D eigenvalue weighted by molar-refractivity contribution is -0.112. The van der Waals surface area contributed by atoms with Gasteiger partial charge in [-0.3, -0.25) is 4.90 Å². The molecule has 0 fully saturated rings. The van der Waals surface area contributed by atoms with Gasteiger partial charge in [0.15, 0.2) is 0 Å². The van der Waals surface area contributed by atoms with E-state index in [9.17, 15) is 9.59 Å². The molecule has 0 heterocycles. The van der Waals surface area contributed by atoms with E-state index in [1.807, 2.05) is 30.5 Å². The van der Waals surface area contributed by atoms with Crippen LogP contribution in [0.1, 0.15) is 32.4 Å². The summed E-state index contributed by atoms with van der Waals surface area (Å²) in [5, 5.41) is 0. The van der Waals surface area contributed by atoms with Crippen LogP contribution < -0.4 is 0 Å².